The van der Waals surface area contributed by atoms with E-state index in [0.29, 0.717) is 5.69 Å². The first-order valence-electron chi connectivity index (χ1n) is 5.01. The van der Waals surface area contributed by atoms with Crippen LogP contribution in [-0.2, 0) is 0 Å². The SMILES string of the molecule is COc1cccc(-c2cc(N)ccc2F)c1F. The number of anilines is 1. The van der Waals surface area contributed by atoms with Crippen molar-refractivity contribution in [1.82, 2.24) is 0 Å². The fraction of sp³-hybridized carbons (Fsp3) is 0.0769. The molecule has 17 heavy (non-hydrogen) atoms. The third-order valence-corrected chi connectivity index (χ3v) is 2.46. The Morgan fingerprint density at radius 1 is 1.06 bits per heavy atom. The lowest BCUT2D eigenvalue weighted by Crippen LogP contribution is -1.94. The highest BCUT2D eigenvalue weighted by Crippen LogP contribution is 2.31. The number of hydrogen-bond acceptors (Lipinski definition) is 2. The zero-order valence-corrected chi connectivity index (χ0v) is 9.21. The molecule has 0 aliphatic heterocycles. The van der Waals surface area contributed by atoms with Gasteiger partial charge in [-0.05, 0) is 24.3 Å². The van der Waals surface area contributed by atoms with Crippen LogP contribution >= 0.6 is 0 Å². The number of ether oxygens (including phenoxy) is 1. The van der Waals surface area contributed by atoms with Crippen molar-refractivity contribution in [1.29, 1.82) is 0 Å². The molecule has 0 aliphatic rings. The van der Waals surface area contributed by atoms with Crippen molar-refractivity contribution in [3.63, 3.8) is 0 Å². The maximum Gasteiger partial charge on any atom is 0.172 e. The maximum atomic E-state index is 13.9. The number of hydrogen-bond donors (Lipinski definition) is 1. The molecule has 2 nitrogen and oxygen atoms in total. The van der Waals surface area contributed by atoms with Crippen molar-refractivity contribution >= 4 is 5.69 Å². The van der Waals surface area contributed by atoms with Crippen molar-refractivity contribution in [2.24, 2.45) is 0 Å². The molecule has 2 rings (SSSR count). The molecule has 0 aromatic heterocycles. The average molecular weight is 235 g/mol. The highest BCUT2D eigenvalue weighted by Gasteiger charge is 2.13. The van der Waals surface area contributed by atoms with Gasteiger partial charge in [0.1, 0.15) is 5.82 Å². The summed E-state index contributed by atoms with van der Waals surface area (Å²) in [4.78, 5) is 0. The van der Waals surface area contributed by atoms with Crippen LogP contribution in [0, 0.1) is 11.6 Å². The van der Waals surface area contributed by atoms with Crippen LogP contribution in [0.2, 0.25) is 0 Å². The molecule has 0 fully saturated rings. The minimum absolute atomic E-state index is 0.0734. The molecule has 2 aromatic carbocycles. The minimum Gasteiger partial charge on any atom is -0.494 e. The zero-order chi connectivity index (χ0) is 12.4. The molecule has 88 valence electrons. The van der Waals surface area contributed by atoms with E-state index in [4.69, 9.17) is 10.5 Å². The molecule has 0 radical (unpaired) electrons. The number of halogens is 2. The summed E-state index contributed by atoms with van der Waals surface area (Å²) in [5.74, 6) is -1.05. The smallest absolute Gasteiger partial charge is 0.172 e. The van der Waals surface area contributed by atoms with Gasteiger partial charge in [0.2, 0.25) is 0 Å². The van der Waals surface area contributed by atoms with Crippen LogP contribution in [0.1, 0.15) is 0 Å². The first-order valence-corrected chi connectivity index (χ1v) is 5.01. The topological polar surface area (TPSA) is 35.2 Å². The van der Waals surface area contributed by atoms with Gasteiger partial charge in [-0.2, -0.15) is 0 Å². The monoisotopic (exact) mass is 235 g/mol. The van der Waals surface area contributed by atoms with E-state index in [-0.39, 0.29) is 16.9 Å². The van der Waals surface area contributed by atoms with Gasteiger partial charge in [-0.15, -0.1) is 0 Å². The van der Waals surface area contributed by atoms with Crippen LogP contribution in [0.3, 0.4) is 0 Å². The Morgan fingerprint density at radius 3 is 2.53 bits per heavy atom. The van der Waals surface area contributed by atoms with Crippen LogP contribution in [0.4, 0.5) is 14.5 Å². The predicted molar refractivity (Wildman–Crippen MR) is 62.8 cm³/mol. The standard InChI is InChI=1S/C13H11F2NO/c1-17-12-4-2-3-9(13(12)15)10-7-8(16)5-6-11(10)14/h2-7H,16H2,1H3. The van der Waals surface area contributed by atoms with Crippen LogP contribution in [0.5, 0.6) is 5.75 Å². The van der Waals surface area contributed by atoms with Crippen LogP contribution in [0.15, 0.2) is 36.4 Å². The van der Waals surface area contributed by atoms with Crippen LogP contribution < -0.4 is 10.5 Å². The van der Waals surface area contributed by atoms with Gasteiger partial charge in [0.15, 0.2) is 11.6 Å². The Bertz CT molecular complexity index is 555. The molecule has 2 N–H and O–H groups in total. The molecular formula is C13H11F2NO. The lowest BCUT2D eigenvalue weighted by atomic mass is 10.0. The Labute approximate surface area is 97.6 Å². The Balaban J connectivity index is 2.64. The highest BCUT2D eigenvalue weighted by molar-refractivity contribution is 5.70. The molecular weight excluding hydrogens is 224 g/mol. The summed E-state index contributed by atoms with van der Waals surface area (Å²) < 4.78 is 32.4. The van der Waals surface area contributed by atoms with E-state index in [0.717, 1.165) is 0 Å². The zero-order valence-electron chi connectivity index (χ0n) is 9.21. The van der Waals surface area contributed by atoms with E-state index in [1.165, 1.54) is 37.4 Å². The average Bonchev–Trinajstić information content (AvgIpc) is 2.33. The first-order chi connectivity index (χ1) is 8.13. The molecule has 0 unspecified atom stereocenters. The number of nitrogens with two attached hydrogens (primary N) is 1. The van der Waals surface area contributed by atoms with Crippen LogP contribution in [-0.4, -0.2) is 7.11 Å². The number of benzene rings is 2. The largest absolute Gasteiger partial charge is 0.494 e. The summed E-state index contributed by atoms with van der Waals surface area (Å²) in [5.41, 5.74) is 6.20. The van der Waals surface area contributed by atoms with E-state index in [2.05, 4.69) is 0 Å². The molecule has 4 heteroatoms. The van der Waals surface area contributed by atoms with Gasteiger partial charge in [-0.1, -0.05) is 12.1 Å². The second kappa shape index (κ2) is 4.41. The lowest BCUT2D eigenvalue weighted by molar-refractivity contribution is 0.387. The quantitative estimate of drug-likeness (QED) is 0.811. The fourth-order valence-corrected chi connectivity index (χ4v) is 1.63. The van der Waals surface area contributed by atoms with Gasteiger partial charge >= 0.3 is 0 Å². The molecule has 0 atom stereocenters. The summed E-state index contributed by atoms with van der Waals surface area (Å²) in [6.07, 6.45) is 0. The molecule has 0 heterocycles. The summed E-state index contributed by atoms with van der Waals surface area (Å²) >= 11 is 0. The molecule has 0 saturated carbocycles. The van der Waals surface area contributed by atoms with E-state index < -0.39 is 11.6 Å². The first kappa shape index (κ1) is 11.4. The predicted octanol–water partition coefficient (Wildman–Crippen LogP) is 3.22. The summed E-state index contributed by atoms with van der Waals surface area (Å²) in [6, 6.07) is 8.59. The van der Waals surface area contributed by atoms with Crippen molar-refractivity contribution in [2.75, 3.05) is 12.8 Å². The van der Waals surface area contributed by atoms with Crippen LogP contribution in [0.25, 0.3) is 11.1 Å². The Kier molecular flexibility index (Phi) is 2.95. The van der Waals surface area contributed by atoms with Gasteiger partial charge in [0, 0.05) is 16.8 Å². The highest BCUT2D eigenvalue weighted by atomic mass is 19.1. The molecule has 0 saturated heterocycles. The third-order valence-electron chi connectivity index (χ3n) is 2.46. The number of methoxy groups -OCH3 is 1. The molecule has 0 amide bonds. The third kappa shape index (κ3) is 2.06. The lowest BCUT2D eigenvalue weighted by Gasteiger charge is -2.09. The summed E-state index contributed by atoms with van der Waals surface area (Å²) in [5, 5.41) is 0. The van der Waals surface area contributed by atoms with Gasteiger partial charge in [0.25, 0.3) is 0 Å². The minimum atomic E-state index is -0.598. The molecule has 0 aliphatic carbocycles. The normalized spacial score (nSPS) is 10.3. The Hall–Kier alpha value is -2.10. The van der Waals surface area contributed by atoms with Crippen molar-refractivity contribution in [2.45, 2.75) is 0 Å². The van der Waals surface area contributed by atoms with E-state index in [9.17, 15) is 8.78 Å². The molecule has 0 spiro atoms. The fourth-order valence-electron chi connectivity index (χ4n) is 1.63. The van der Waals surface area contributed by atoms with Crippen molar-refractivity contribution < 1.29 is 13.5 Å². The number of nitrogen functional groups attached to an aromatic ring is 1. The van der Waals surface area contributed by atoms with Gasteiger partial charge in [-0.25, -0.2) is 8.78 Å². The molecule has 2 aromatic rings. The Morgan fingerprint density at radius 2 is 1.82 bits per heavy atom. The van der Waals surface area contributed by atoms with Gasteiger partial charge in [-0.3, -0.25) is 0 Å². The second-order valence-electron chi connectivity index (χ2n) is 3.56. The molecule has 0 bridgehead atoms. The van der Waals surface area contributed by atoms with E-state index >= 15 is 0 Å². The van der Waals surface area contributed by atoms with E-state index in [1.54, 1.807) is 6.07 Å². The maximum absolute atomic E-state index is 13.9. The number of rotatable bonds is 2. The van der Waals surface area contributed by atoms with E-state index in [1.807, 2.05) is 0 Å². The van der Waals surface area contributed by atoms with Gasteiger partial charge < -0.3 is 10.5 Å². The summed E-state index contributed by atoms with van der Waals surface area (Å²) in [7, 11) is 1.36. The summed E-state index contributed by atoms with van der Waals surface area (Å²) in [6.45, 7) is 0. The van der Waals surface area contributed by atoms with Gasteiger partial charge in [0.05, 0.1) is 7.11 Å². The van der Waals surface area contributed by atoms with Crippen molar-refractivity contribution in [3.8, 4) is 16.9 Å². The second-order valence-corrected chi connectivity index (χ2v) is 3.56. The van der Waals surface area contributed by atoms with Crippen molar-refractivity contribution in [3.05, 3.63) is 48.0 Å².